The van der Waals surface area contributed by atoms with E-state index in [0.29, 0.717) is 0 Å². The highest BCUT2D eigenvalue weighted by molar-refractivity contribution is 6.10. The summed E-state index contributed by atoms with van der Waals surface area (Å²) in [6.45, 7) is 0. The van der Waals surface area contributed by atoms with Gasteiger partial charge in [0.25, 0.3) is 0 Å². The van der Waals surface area contributed by atoms with E-state index in [1.165, 1.54) is 21.5 Å². The Morgan fingerprint density at radius 3 is 1.74 bits per heavy atom. The number of nitrogens with zero attached hydrogens (tertiary/aromatic N) is 2. The largest absolute Gasteiger partial charge is 0.456 e. The topological polar surface area (TPSA) is 29.3 Å². The zero-order chi connectivity index (χ0) is 25.1. The van der Waals surface area contributed by atoms with Gasteiger partial charge in [-0.1, -0.05) is 66.7 Å². The van der Waals surface area contributed by atoms with E-state index in [1.807, 2.05) is 12.3 Å². The lowest BCUT2D eigenvalue weighted by Gasteiger charge is -2.26. The van der Waals surface area contributed by atoms with Gasteiger partial charge in [0.1, 0.15) is 11.2 Å². The summed E-state index contributed by atoms with van der Waals surface area (Å²) >= 11 is 0. The second-order valence-corrected chi connectivity index (χ2v) is 9.73. The Balaban J connectivity index is 1.35. The van der Waals surface area contributed by atoms with Crippen LogP contribution in [0.4, 0.5) is 17.1 Å². The third-order valence-corrected chi connectivity index (χ3v) is 7.42. The van der Waals surface area contributed by atoms with Crippen molar-refractivity contribution >= 4 is 71.4 Å². The minimum atomic E-state index is 0.861. The molecule has 0 aliphatic heterocycles. The van der Waals surface area contributed by atoms with Gasteiger partial charge in [-0.05, 0) is 76.1 Å². The highest BCUT2D eigenvalue weighted by Crippen LogP contribution is 2.40. The Hall–Kier alpha value is -5.15. The van der Waals surface area contributed by atoms with Gasteiger partial charge < -0.3 is 9.32 Å². The van der Waals surface area contributed by atoms with Crippen molar-refractivity contribution in [3.63, 3.8) is 0 Å². The zero-order valence-electron chi connectivity index (χ0n) is 20.5. The van der Waals surface area contributed by atoms with Gasteiger partial charge >= 0.3 is 0 Å². The maximum Gasteiger partial charge on any atom is 0.137 e. The number of hydrogen-bond donors (Lipinski definition) is 0. The van der Waals surface area contributed by atoms with Crippen LogP contribution in [0.15, 0.2) is 138 Å². The number of fused-ring (bicyclic) bond motifs is 6. The first kappa shape index (κ1) is 21.0. The fourth-order valence-corrected chi connectivity index (χ4v) is 5.55. The normalized spacial score (nSPS) is 11.7. The van der Waals surface area contributed by atoms with Crippen LogP contribution < -0.4 is 4.90 Å². The predicted molar refractivity (Wildman–Crippen MR) is 159 cm³/mol. The maximum absolute atomic E-state index is 6.41. The number of hydrogen-bond acceptors (Lipinski definition) is 3. The molecule has 0 unspecified atom stereocenters. The molecule has 0 aliphatic rings. The Labute approximate surface area is 219 Å². The molecule has 2 heterocycles. The quantitative estimate of drug-likeness (QED) is 0.249. The van der Waals surface area contributed by atoms with Gasteiger partial charge in [0.2, 0.25) is 0 Å². The SMILES string of the molecule is c1ccc2cc(N(c3ccc4ccccc4c3)c3ccc4c(c3)oc3cc5cccnc5cc34)ccc2c1. The first-order valence-electron chi connectivity index (χ1n) is 12.8. The van der Waals surface area contributed by atoms with Crippen LogP contribution in [0.3, 0.4) is 0 Å². The number of rotatable bonds is 3. The average Bonchev–Trinajstić information content (AvgIpc) is 3.32. The lowest BCUT2D eigenvalue weighted by Crippen LogP contribution is -2.09. The van der Waals surface area contributed by atoms with Gasteiger partial charge in [0.15, 0.2) is 0 Å². The second-order valence-electron chi connectivity index (χ2n) is 9.73. The highest BCUT2D eigenvalue weighted by atomic mass is 16.3. The monoisotopic (exact) mass is 486 g/mol. The van der Waals surface area contributed by atoms with Crippen LogP contribution in [0.25, 0.3) is 54.4 Å². The van der Waals surface area contributed by atoms with Gasteiger partial charge in [0, 0.05) is 45.5 Å². The Kier molecular flexibility index (Phi) is 4.52. The molecule has 0 spiro atoms. The van der Waals surface area contributed by atoms with Gasteiger partial charge in [0.05, 0.1) is 5.52 Å². The average molecular weight is 487 g/mol. The van der Waals surface area contributed by atoms with E-state index in [4.69, 9.17) is 4.42 Å². The molecule has 0 saturated carbocycles. The minimum absolute atomic E-state index is 0.861. The molecule has 0 bridgehead atoms. The molecule has 0 aliphatic carbocycles. The third kappa shape index (κ3) is 3.33. The second kappa shape index (κ2) is 8.19. The summed E-state index contributed by atoms with van der Waals surface area (Å²) in [7, 11) is 0. The van der Waals surface area contributed by atoms with Crippen LogP contribution in [-0.4, -0.2) is 4.98 Å². The fraction of sp³-hybridized carbons (Fsp3) is 0. The Morgan fingerprint density at radius 2 is 1.03 bits per heavy atom. The molecule has 38 heavy (non-hydrogen) atoms. The van der Waals surface area contributed by atoms with E-state index in [1.54, 1.807) is 0 Å². The van der Waals surface area contributed by atoms with E-state index in [9.17, 15) is 0 Å². The van der Waals surface area contributed by atoms with Crippen molar-refractivity contribution in [1.82, 2.24) is 4.98 Å². The molecule has 0 fully saturated rings. The van der Waals surface area contributed by atoms with Gasteiger partial charge in [-0.3, -0.25) is 4.98 Å². The van der Waals surface area contributed by atoms with E-state index in [0.717, 1.165) is 49.9 Å². The van der Waals surface area contributed by atoms with Crippen LogP contribution in [-0.2, 0) is 0 Å². The fourth-order valence-electron chi connectivity index (χ4n) is 5.55. The predicted octanol–water partition coefficient (Wildman–Crippen LogP) is 9.91. The zero-order valence-corrected chi connectivity index (χ0v) is 20.5. The van der Waals surface area contributed by atoms with E-state index < -0.39 is 0 Å². The van der Waals surface area contributed by atoms with Gasteiger partial charge in [-0.25, -0.2) is 0 Å². The smallest absolute Gasteiger partial charge is 0.137 e. The number of pyridine rings is 1. The van der Waals surface area contributed by atoms with Gasteiger partial charge in [-0.15, -0.1) is 0 Å². The summed E-state index contributed by atoms with van der Waals surface area (Å²) in [6, 6.07) is 45.0. The molecule has 8 rings (SSSR count). The van der Waals surface area contributed by atoms with Crippen molar-refractivity contribution in [1.29, 1.82) is 0 Å². The third-order valence-electron chi connectivity index (χ3n) is 7.42. The van der Waals surface area contributed by atoms with Crippen molar-refractivity contribution in [2.24, 2.45) is 0 Å². The van der Waals surface area contributed by atoms with Crippen LogP contribution in [0, 0.1) is 0 Å². The van der Waals surface area contributed by atoms with Crippen molar-refractivity contribution in [3.05, 3.63) is 134 Å². The number of benzene rings is 6. The highest BCUT2D eigenvalue weighted by Gasteiger charge is 2.17. The molecular formula is C35H22N2O. The summed E-state index contributed by atoms with van der Waals surface area (Å²) in [5.74, 6) is 0. The van der Waals surface area contributed by atoms with E-state index >= 15 is 0 Å². The van der Waals surface area contributed by atoms with Crippen LogP contribution in [0.1, 0.15) is 0 Å². The van der Waals surface area contributed by atoms with E-state index in [-0.39, 0.29) is 0 Å². The summed E-state index contributed by atoms with van der Waals surface area (Å²) in [5.41, 5.74) is 5.96. The maximum atomic E-state index is 6.41. The molecule has 0 N–H and O–H groups in total. The lowest BCUT2D eigenvalue weighted by molar-refractivity contribution is 0.669. The Morgan fingerprint density at radius 1 is 0.447 bits per heavy atom. The summed E-state index contributed by atoms with van der Waals surface area (Å²) in [6.07, 6.45) is 1.83. The number of anilines is 3. The summed E-state index contributed by atoms with van der Waals surface area (Å²) < 4.78 is 6.41. The molecule has 178 valence electrons. The van der Waals surface area contributed by atoms with Crippen molar-refractivity contribution < 1.29 is 4.42 Å². The van der Waals surface area contributed by atoms with Crippen LogP contribution in [0.2, 0.25) is 0 Å². The molecule has 0 atom stereocenters. The molecule has 3 nitrogen and oxygen atoms in total. The van der Waals surface area contributed by atoms with Crippen LogP contribution >= 0.6 is 0 Å². The molecule has 6 aromatic carbocycles. The van der Waals surface area contributed by atoms with Crippen LogP contribution in [0.5, 0.6) is 0 Å². The molecule has 0 saturated heterocycles. The van der Waals surface area contributed by atoms with Gasteiger partial charge in [-0.2, -0.15) is 0 Å². The molecular weight excluding hydrogens is 464 g/mol. The summed E-state index contributed by atoms with van der Waals surface area (Å²) in [5, 5.41) is 8.12. The molecule has 2 aromatic heterocycles. The summed E-state index contributed by atoms with van der Waals surface area (Å²) in [4.78, 5) is 6.85. The number of aromatic nitrogens is 1. The number of furan rings is 1. The molecule has 0 radical (unpaired) electrons. The van der Waals surface area contributed by atoms with Crippen molar-refractivity contribution in [3.8, 4) is 0 Å². The van der Waals surface area contributed by atoms with Crippen molar-refractivity contribution in [2.45, 2.75) is 0 Å². The lowest BCUT2D eigenvalue weighted by atomic mass is 10.1. The molecule has 3 heteroatoms. The molecule has 8 aromatic rings. The first-order chi connectivity index (χ1) is 18.8. The minimum Gasteiger partial charge on any atom is -0.456 e. The molecule has 0 amide bonds. The standard InChI is InChI=1S/C35H22N2O/c1-3-8-25-18-28(13-11-23(25)6-1)37(29-14-12-24-7-2-4-9-26(24)19-29)30-15-16-31-32-22-33-27(10-5-17-36-33)20-34(32)38-35(31)21-30/h1-22H. The first-order valence-corrected chi connectivity index (χ1v) is 12.8. The van der Waals surface area contributed by atoms with Crippen molar-refractivity contribution in [2.75, 3.05) is 4.90 Å². The van der Waals surface area contributed by atoms with E-state index in [2.05, 4.69) is 131 Å². The Bertz CT molecular complexity index is 2080.